The molecule has 2 N–H and O–H groups in total. The number of aliphatic carboxylic acids is 1. The number of carboxylic acids is 1. The number of aliphatic hydroxyl groups excluding tert-OH is 1. The fraction of sp³-hybridized carbons (Fsp3) is 0.459. The summed E-state index contributed by atoms with van der Waals surface area (Å²) in [5, 5.41) is 32.4. The van der Waals surface area contributed by atoms with E-state index in [1.165, 1.54) is 4.90 Å². The highest BCUT2D eigenvalue weighted by Crippen LogP contribution is 2.37. The molecule has 1 saturated carbocycles. The molecule has 5 rings (SSSR count). The fourth-order valence-corrected chi connectivity index (χ4v) is 6.97. The third-order valence-electron chi connectivity index (χ3n) is 9.67. The first-order chi connectivity index (χ1) is 26.8. The lowest BCUT2D eigenvalue weighted by atomic mass is 9.76. The second-order valence-corrected chi connectivity index (χ2v) is 13.2. The van der Waals surface area contributed by atoms with E-state index >= 15 is 0 Å². The van der Waals surface area contributed by atoms with Crippen molar-refractivity contribution in [2.45, 2.75) is 94.2 Å². The van der Waals surface area contributed by atoms with Gasteiger partial charge in [0, 0.05) is 33.2 Å². The zero-order valence-electron chi connectivity index (χ0n) is 29.8. The molecule has 9 atom stereocenters. The van der Waals surface area contributed by atoms with Gasteiger partial charge in [-0.05, 0) is 52.5 Å². The normalized spacial score (nSPS) is 25.2. The fourth-order valence-electron chi connectivity index (χ4n) is 6.97. The Morgan fingerprint density at radius 1 is 0.800 bits per heavy atom. The Balaban J connectivity index is 1.47. The third-order valence-corrected chi connectivity index (χ3v) is 9.67. The summed E-state index contributed by atoms with van der Waals surface area (Å²) in [6.07, 6.45) is -5.88. The molecule has 1 aliphatic heterocycles. The van der Waals surface area contributed by atoms with Crippen LogP contribution in [0.4, 0.5) is 4.79 Å². The predicted molar refractivity (Wildman–Crippen MR) is 196 cm³/mol. The molecule has 1 heterocycles. The Bertz CT molecular complexity index is 1840. The highest BCUT2D eigenvalue weighted by atomic mass is 16.7. The first-order valence-electron chi connectivity index (χ1n) is 17.8. The van der Waals surface area contributed by atoms with Gasteiger partial charge in [-0.25, -0.2) is 4.79 Å². The van der Waals surface area contributed by atoms with Crippen LogP contribution in [-0.2, 0) is 43.5 Å². The number of carbonyl (C=O) groups is 2. The van der Waals surface area contributed by atoms with E-state index in [2.05, 4.69) is 30.1 Å². The Hall–Kier alpha value is -5.83. The summed E-state index contributed by atoms with van der Waals surface area (Å²) in [6, 6.07) is 24.2. The van der Waals surface area contributed by atoms with Gasteiger partial charge in [0.15, 0.2) is 6.29 Å². The number of hydrogen-bond acceptors (Lipinski definition) is 10. The summed E-state index contributed by atoms with van der Waals surface area (Å²) >= 11 is 0. The molecule has 0 unspecified atom stereocenters. The molecule has 0 spiro atoms. The van der Waals surface area contributed by atoms with Crippen molar-refractivity contribution in [2.75, 3.05) is 6.61 Å². The van der Waals surface area contributed by atoms with Gasteiger partial charge in [0.05, 0.1) is 56.1 Å². The van der Waals surface area contributed by atoms with Crippen LogP contribution in [0.2, 0.25) is 0 Å². The van der Waals surface area contributed by atoms with E-state index in [1.807, 2.05) is 91.0 Å². The molecule has 1 aliphatic carbocycles. The molecule has 1 saturated heterocycles. The van der Waals surface area contributed by atoms with E-state index in [9.17, 15) is 30.9 Å². The smallest absolute Gasteiger partial charge is 0.410 e. The van der Waals surface area contributed by atoms with Crippen molar-refractivity contribution in [1.82, 2.24) is 4.90 Å². The minimum Gasteiger partial charge on any atom is -0.481 e. The number of carboxylic acid groups (broad SMARTS) is 1. The lowest BCUT2D eigenvalue weighted by molar-refractivity contribution is -0.258. The van der Waals surface area contributed by atoms with E-state index in [1.54, 1.807) is 0 Å². The van der Waals surface area contributed by atoms with Crippen LogP contribution >= 0.6 is 0 Å². The van der Waals surface area contributed by atoms with E-state index < -0.39 is 73.2 Å². The number of nitrogens with zero attached hydrogens (tertiary/aromatic N) is 10. The SMILES string of the molecule is [N-]=[N+]=N[C@H]1C[C@@H](N=[N+]=[N-])[C@H](CC(=O)O)[C@H](O)[C@@H]1O[C@H]1O[C@H]([C@@H](COCc2ccccc2)N(Cc2ccccc2)C(=O)OCc2ccccc2)CC[C@H]1N=[N+]=[N-]. The molecule has 18 heteroatoms. The Morgan fingerprint density at radius 3 is 1.96 bits per heavy atom. The van der Waals surface area contributed by atoms with E-state index in [0.717, 1.165) is 16.7 Å². The van der Waals surface area contributed by atoms with Crippen molar-refractivity contribution < 1.29 is 38.7 Å². The van der Waals surface area contributed by atoms with Crippen LogP contribution in [0.1, 0.15) is 42.4 Å². The summed E-state index contributed by atoms with van der Waals surface area (Å²) in [5.41, 5.74) is 30.5. The lowest BCUT2D eigenvalue weighted by Crippen LogP contribution is -2.58. The summed E-state index contributed by atoms with van der Waals surface area (Å²) in [5.74, 6) is -2.35. The quantitative estimate of drug-likeness (QED) is 0.0807. The summed E-state index contributed by atoms with van der Waals surface area (Å²) in [7, 11) is 0. The minimum absolute atomic E-state index is 0.00628. The van der Waals surface area contributed by atoms with Gasteiger partial charge in [-0.3, -0.25) is 9.69 Å². The molecular formula is C37H42N10O8. The van der Waals surface area contributed by atoms with Crippen LogP contribution in [0, 0.1) is 5.92 Å². The number of aliphatic hydroxyl groups is 1. The van der Waals surface area contributed by atoms with Gasteiger partial charge >= 0.3 is 12.1 Å². The van der Waals surface area contributed by atoms with Crippen molar-refractivity contribution in [3.8, 4) is 0 Å². The molecule has 0 bridgehead atoms. The lowest BCUT2D eigenvalue weighted by Gasteiger charge is -2.46. The largest absolute Gasteiger partial charge is 0.481 e. The molecule has 18 nitrogen and oxygen atoms in total. The first-order valence-corrected chi connectivity index (χ1v) is 17.8. The van der Waals surface area contributed by atoms with Gasteiger partial charge in [-0.15, -0.1) is 0 Å². The van der Waals surface area contributed by atoms with Crippen LogP contribution in [0.5, 0.6) is 0 Å². The number of carbonyl (C=O) groups excluding carboxylic acids is 1. The molecular weight excluding hydrogens is 712 g/mol. The Kier molecular flexibility index (Phi) is 15.1. The first kappa shape index (κ1) is 40.4. The molecule has 0 aromatic heterocycles. The maximum Gasteiger partial charge on any atom is 0.410 e. The molecule has 1 amide bonds. The second-order valence-electron chi connectivity index (χ2n) is 13.2. The average Bonchev–Trinajstić information content (AvgIpc) is 3.20. The zero-order valence-corrected chi connectivity index (χ0v) is 29.8. The highest BCUT2D eigenvalue weighted by molar-refractivity contribution is 5.68. The molecule has 2 fully saturated rings. The van der Waals surface area contributed by atoms with Crippen molar-refractivity contribution in [3.05, 3.63) is 139 Å². The van der Waals surface area contributed by atoms with Crippen LogP contribution < -0.4 is 0 Å². The Morgan fingerprint density at radius 2 is 1.36 bits per heavy atom. The molecule has 2 aliphatic rings. The van der Waals surface area contributed by atoms with E-state index in [-0.39, 0.29) is 45.6 Å². The average molecular weight is 755 g/mol. The highest BCUT2D eigenvalue weighted by Gasteiger charge is 2.48. The number of rotatable bonds is 17. The number of ether oxygens (including phenoxy) is 4. The van der Waals surface area contributed by atoms with Gasteiger partial charge in [0.1, 0.15) is 6.61 Å². The third kappa shape index (κ3) is 11.3. The van der Waals surface area contributed by atoms with Crippen molar-refractivity contribution >= 4 is 12.1 Å². The number of amides is 1. The van der Waals surface area contributed by atoms with Gasteiger partial charge in [0.2, 0.25) is 0 Å². The standard InChI is InChI=1S/C37H42N10O8/c38-44-41-28-16-17-32(54-36(28)55-35-30(43-46-40)19-29(42-45-39)27(34(35)50)18-33(48)49)31(23-52-21-25-12-6-2-7-13-25)47(20-24-10-4-1-5-11-24)37(51)53-22-26-14-8-3-9-15-26/h1-15,27-32,34-36,50H,16-23H2,(H,48,49)/t27-,28+,29+,30-,31+,32-,34-,35+,36+/m0/s1. The molecule has 3 aromatic rings. The molecule has 0 radical (unpaired) electrons. The van der Waals surface area contributed by atoms with Crippen LogP contribution in [0.25, 0.3) is 31.3 Å². The van der Waals surface area contributed by atoms with E-state index in [4.69, 9.17) is 24.5 Å². The minimum atomic E-state index is -1.58. The zero-order chi connectivity index (χ0) is 39.0. The van der Waals surface area contributed by atoms with Gasteiger partial charge < -0.3 is 29.2 Å². The molecule has 288 valence electrons. The maximum atomic E-state index is 14.1. The second kappa shape index (κ2) is 20.6. The summed E-state index contributed by atoms with van der Waals surface area (Å²) in [4.78, 5) is 36.1. The van der Waals surface area contributed by atoms with Gasteiger partial charge in [-0.2, -0.15) is 0 Å². The van der Waals surface area contributed by atoms with E-state index in [0.29, 0.717) is 0 Å². The van der Waals surface area contributed by atoms with Crippen molar-refractivity contribution in [1.29, 1.82) is 0 Å². The summed E-state index contributed by atoms with van der Waals surface area (Å²) < 4.78 is 25.0. The van der Waals surface area contributed by atoms with Crippen LogP contribution in [0.15, 0.2) is 106 Å². The topological polar surface area (TPSA) is 261 Å². The van der Waals surface area contributed by atoms with Crippen LogP contribution in [-0.4, -0.2) is 82.6 Å². The van der Waals surface area contributed by atoms with Crippen molar-refractivity contribution in [3.63, 3.8) is 0 Å². The van der Waals surface area contributed by atoms with Crippen LogP contribution in [0.3, 0.4) is 0 Å². The maximum absolute atomic E-state index is 14.1. The Labute approximate surface area is 316 Å². The van der Waals surface area contributed by atoms with Gasteiger partial charge in [0.25, 0.3) is 0 Å². The predicted octanol–water partition coefficient (Wildman–Crippen LogP) is 7.19. The number of hydrogen-bond donors (Lipinski definition) is 2. The number of benzene rings is 3. The van der Waals surface area contributed by atoms with Gasteiger partial charge in [-0.1, -0.05) is 106 Å². The molecule has 3 aromatic carbocycles. The molecule has 55 heavy (non-hydrogen) atoms. The summed E-state index contributed by atoms with van der Waals surface area (Å²) in [6.45, 7) is 0.348. The monoisotopic (exact) mass is 754 g/mol. The van der Waals surface area contributed by atoms with Crippen molar-refractivity contribution in [2.24, 2.45) is 21.3 Å². The number of azide groups is 3.